The van der Waals surface area contributed by atoms with Crippen LogP contribution in [0.1, 0.15) is 6.92 Å². The Labute approximate surface area is 150 Å². The Balaban J connectivity index is 1.51. The summed E-state index contributed by atoms with van der Waals surface area (Å²) in [6, 6.07) is 18.1. The van der Waals surface area contributed by atoms with Crippen LogP contribution in [0.25, 0.3) is 5.69 Å². The Bertz CT molecular complexity index is 889. The third kappa shape index (κ3) is 4.70. The van der Waals surface area contributed by atoms with Crippen molar-refractivity contribution < 1.29 is 14.3 Å². The summed E-state index contributed by atoms with van der Waals surface area (Å²) in [5.41, 5.74) is 2.19. The van der Waals surface area contributed by atoms with E-state index in [9.17, 15) is 9.59 Å². The second-order valence-electron chi connectivity index (χ2n) is 5.53. The predicted octanol–water partition coefficient (Wildman–Crippen LogP) is 2.85. The van der Waals surface area contributed by atoms with Crippen LogP contribution in [0.4, 0.5) is 11.4 Å². The lowest BCUT2D eigenvalue weighted by Crippen LogP contribution is -2.20. The minimum atomic E-state index is -0.300. The first kappa shape index (κ1) is 17.2. The summed E-state index contributed by atoms with van der Waals surface area (Å²) in [5, 5.41) is 9.65. The number of nitrogens with one attached hydrogen (secondary N) is 2. The number of carbonyl (C=O) groups excluding carboxylic acids is 2. The zero-order valence-corrected chi connectivity index (χ0v) is 14.2. The highest BCUT2D eigenvalue weighted by atomic mass is 16.5. The fraction of sp³-hybridized carbons (Fsp3) is 0.105. The number of nitrogens with zero attached hydrogens (tertiary/aromatic N) is 2. The number of aromatic nitrogens is 2. The molecule has 3 rings (SSSR count). The van der Waals surface area contributed by atoms with Crippen molar-refractivity contribution in [3.05, 3.63) is 66.9 Å². The standard InChI is InChI=1S/C19H18N4O3/c1-14(24)20-15-7-9-16(10-8-15)21-18(25)13-26-19-11-12-23(22-19)17-5-3-2-4-6-17/h2-12H,13H2,1H3,(H,20,24)(H,21,25). The van der Waals surface area contributed by atoms with Gasteiger partial charge < -0.3 is 15.4 Å². The van der Waals surface area contributed by atoms with Gasteiger partial charge in [0, 0.05) is 30.6 Å². The van der Waals surface area contributed by atoms with Gasteiger partial charge >= 0.3 is 0 Å². The van der Waals surface area contributed by atoms with Crippen LogP contribution in [0.2, 0.25) is 0 Å². The summed E-state index contributed by atoms with van der Waals surface area (Å²) in [4.78, 5) is 23.0. The van der Waals surface area contributed by atoms with Crippen LogP contribution in [0.5, 0.6) is 5.88 Å². The van der Waals surface area contributed by atoms with Gasteiger partial charge in [0.1, 0.15) is 0 Å². The van der Waals surface area contributed by atoms with Crippen LogP contribution in [-0.2, 0) is 9.59 Å². The summed E-state index contributed by atoms with van der Waals surface area (Å²) in [6.45, 7) is 1.28. The molecular weight excluding hydrogens is 332 g/mol. The number of ether oxygens (including phenoxy) is 1. The molecule has 26 heavy (non-hydrogen) atoms. The fourth-order valence-corrected chi connectivity index (χ4v) is 2.29. The van der Waals surface area contributed by atoms with Crippen molar-refractivity contribution >= 4 is 23.2 Å². The lowest BCUT2D eigenvalue weighted by Gasteiger charge is -2.07. The Hall–Kier alpha value is -3.61. The van der Waals surface area contributed by atoms with Gasteiger partial charge in [-0.1, -0.05) is 18.2 Å². The highest BCUT2D eigenvalue weighted by molar-refractivity contribution is 5.93. The number of para-hydroxylation sites is 1. The second-order valence-corrected chi connectivity index (χ2v) is 5.53. The molecule has 7 nitrogen and oxygen atoms in total. The molecule has 1 heterocycles. The van der Waals surface area contributed by atoms with Crippen LogP contribution in [0.15, 0.2) is 66.9 Å². The minimum absolute atomic E-state index is 0.148. The Morgan fingerprint density at radius 2 is 1.62 bits per heavy atom. The monoisotopic (exact) mass is 350 g/mol. The van der Waals surface area contributed by atoms with Gasteiger partial charge in [-0.3, -0.25) is 9.59 Å². The quantitative estimate of drug-likeness (QED) is 0.716. The maximum absolute atomic E-state index is 12.0. The molecule has 0 fully saturated rings. The van der Waals surface area contributed by atoms with Crippen molar-refractivity contribution in [2.45, 2.75) is 6.92 Å². The summed E-state index contributed by atoms with van der Waals surface area (Å²) >= 11 is 0. The van der Waals surface area contributed by atoms with Crippen molar-refractivity contribution in [1.29, 1.82) is 0 Å². The third-order valence-corrected chi connectivity index (χ3v) is 3.43. The molecule has 0 aliphatic rings. The highest BCUT2D eigenvalue weighted by Crippen LogP contribution is 2.14. The van der Waals surface area contributed by atoms with E-state index in [2.05, 4.69) is 15.7 Å². The average molecular weight is 350 g/mol. The SMILES string of the molecule is CC(=O)Nc1ccc(NC(=O)COc2ccn(-c3ccccc3)n2)cc1. The summed E-state index contributed by atoms with van der Waals surface area (Å²) < 4.78 is 7.09. The fourth-order valence-electron chi connectivity index (χ4n) is 2.29. The molecular formula is C19H18N4O3. The van der Waals surface area contributed by atoms with Crippen LogP contribution in [-0.4, -0.2) is 28.2 Å². The van der Waals surface area contributed by atoms with Gasteiger partial charge in [-0.25, -0.2) is 4.68 Å². The summed E-state index contributed by atoms with van der Waals surface area (Å²) in [5.74, 6) is -0.0818. The Morgan fingerprint density at radius 3 is 2.27 bits per heavy atom. The normalized spacial score (nSPS) is 10.2. The maximum atomic E-state index is 12.0. The molecule has 0 saturated heterocycles. The van der Waals surface area contributed by atoms with Crippen molar-refractivity contribution in [1.82, 2.24) is 9.78 Å². The van der Waals surface area contributed by atoms with Gasteiger partial charge in [-0.2, -0.15) is 0 Å². The molecule has 132 valence electrons. The number of rotatable bonds is 6. The van der Waals surface area contributed by atoms with Crippen molar-refractivity contribution in [3.8, 4) is 11.6 Å². The highest BCUT2D eigenvalue weighted by Gasteiger charge is 2.07. The number of hydrogen-bond acceptors (Lipinski definition) is 4. The smallest absolute Gasteiger partial charge is 0.262 e. The van der Waals surface area contributed by atoms with Crippen LogP contribution >= 0.6 is 0 Å². The lowest BCUT2D eigenvalue weighted by atomic mass is 10.2. The van der Waals surface area contributed by atoms with E-state index in [0.717, 1.165) is 5.69 Å². The van der Waals surface area contributed by atoms with Gasteiger partial charge in [0.25, 0.3) is 5.91 Å². The van der Waals surface area contributed by atoms with Crippen molar-refractivity contribution in [2.24, 2.45) is 0 Å². The number of benzene rings is 2. The van der Waals surface area contributed by atoms with E-state index >= 15 is 0 Å². The van der Waals surface area contributed by atoms with E-state index in [1.165, 1.54) is 6.92 Å². The lowest BCUT2D eigenvalue weighted by molar-refractivity contribution is -0.118. The molecule has 2 N–H and O–H groups in total. The average Bonchev–Trinajstić information content (AvgIpc) is 3.11. The number of hydrogen-bond donors (Lipinski definition) is 2. The number of carbonyl (C=O) groups is 2. The molecule has 0 atom stereocenters. The van der Waals surface area contributed by atoms with Gasteiger partial charge in [0.05, 0.1) is 5.69 Å². The molecule has 0 saturated carbocycles. The Morgan fingerprint density at radius 1 is 0.962 bits per heavy atom. The second kappa shape index (κ2) is 7.98. The molecule has 0 spiro atoms. The van der Waals surface area contributed by atoms with E-state index in [4.69, 9.17) is 4.74 Å². The first-order chi connectivity index (χ1) is 12.6. The molecule has 2 aromatic carbocycles. The zero-order valence-electron chi connectivity index (χ0n) is 14.2. The molecule has 0 aliphatic heterocycles. The Kier molecular flexibility index (Phi) is 5.28. The van der Waals surface area contributed by atoms with E-state index in [0.29, 0.717) is 17.3 Å². The number of amides is 2. The topological polar surface area (TPSA) is 85.3 Å². The van der Waals surface area contributed by atoms with Crippen molar-refractivity contribution in [2.75, 3.05) is 17.2 Å². The van der Waals surface area contributed by atoms with Gasteiger partial charge in [-0.15, -0.1) is 5.10 Å². The molecule has 3 aromatic rings. The first-order valence-electron chi connectivity index (χ1n) is 8.01. The van der Waals surface area contributed by atoms with E-state index in [1.807, 2.05) is 30.3 Å². The van der Waals surface area contributed by atoms with E-state index in [1.54, 1.807) is 41.2 Å². The molecule has 0 unspecified atom stereocenters. The summed E-state index contributed by atoms with van der Waals surface area (Å²) in [7, 11) is 0. The predicted molar refractivity (Wildman–Crippen MR) is 98.4 cm³/mol. The summed E-state index contributed by atoms with van der Waals surface area (Å²) in [6.07, 6.45) is 1.77. The van der Waals surface area contributed by atoms with Crippen LogP contribution in [0.3, 0.4) is 0 Å². The number of anilines is 2. The molecule has 1 aromatic heterocycles. The first-order valence-corrected chi connectivity index (χ1v) is 8.01. The zero-order chi connectivity index (χ0) is 18.4. The van der Waals surface area contributed by atoms with Crippen LogP contribution in [0, 0.1) is 0 Å². The largest absolute Gasteiger partial charge is 0.466 e. The van der Waals surface area contributed by atoms with Gasteiger partial charge in [0.15, 0.2) is 6.61 Å². The van der Waals surface area contributed by atoms with E-state index in [-0.39, 0.29) is 18.4 Å². The molecule has 0 bridgehead atoms. The van der Waals surface area contributed by atoms with Crippen LogP contribution < -0.4 is 15.4 Å². The van der Waals surface area contributed by atoms with Gasteiger partial charge in [-0.05, 0) is 36.4 Å². The molecule has 2 amide bonds. The molecule has 7 heteroatoms. The molecule has 0 aliphatic carbocycles. The minimum Gasteiger partial charge on any atom is -0.466 e. The molecule has 0 radical (unpaired) electrons. The van der Waals surface area contributed by atoms with Gasteiger partial charge in [0.2, 0.25) is 11.8 Å². The maximum Gasteiger partial charge on any atom is 0.262 e. The van der Waals surface area contributed by atoms with Crippen molar-refractivity contribution in [3.63, 3.8) is 0 Å². The third-order valence-electron chi connectivity index (χ3n) is 3.43. The van der Waals surface area contributed by atoms with E-state index < -0.39 is 0 Å².